The zero-order valence-corrected chi connectivity index (χ0v) is 52.3. The molecule has 11 unspecified atom stereocenters. The van der Waals surface area contributed by atoms with Crippen LogP contribution in [0.5, 0.6) is 0 Å². The molecule has 0 radical (unpaired) electrons. The van der Waals surface area contributed by atoms with Crippen molar-refractivity contribution < 1.29 is 69.3 Å². The molecule has 2 aliphatic heterocycles. The van der Waals surface area contributed by atoms with Crippen molar-refractivity contribution in [3.05, 3.63) is 0 Å². The van der Waals surface area contributed by atoms with Gasteiger partial charge in [-0.2, -0.15) is 0 Å². The minimum atomic E-state index is -1.82. The van der Waals surface area contributed by atoms with Gasteiger partial charge in [0.05, 0.1) is 24.7 Å². The van der Waals surface area contributed by atoms with Crippen molar-refractivity contribution in [1.29, 1.82) is 0 Å². The lowest BCUT2D eigenvalue weighted by Gasteiger charge is -2.44. The van der Waals surface area contributed by atoms with Crippen molar-refractivity contribution in [2.24, 2.45) is 23.7 Å². The number of hydrogen-bond acceptors (Lipinski definition) is 14. The minimum absolute atomic E-state index is 0.442. The molecule has 3 fully saturated rings. The number of carbonyl (C=O) groups is 1. The molecule has 8 N–H and O–H groups in total. The summed E-state index contributed by atoms with van der Waals surface area (Å²) in [5.41, 5.74) is 0. The van der Waals surface area contributed by atoms with E-state index in [0.29, 0.717) is 18.4 Å². The number of unbranched alkanes of at least 4 members (excludes halogenated alkanes) is 35. The van der Waals surface area contributed by atoms with E-state index in [4.69, 9.17) is 23.7 Å². The molecule has 0 aromatic carbocycles. The van der Waals surface area contributed by atoms with Gasteiger partial charge in [0.2, 0.25) is 0 Å². The SMILES string of the molecule is CCCCCCCCCCCCCCCCCCC[C@H](C)[C@@H](CCCCCCCCCCCCCCC1C[C@H]1CCCCCCCCCCC[C@@H](O)[C@@H](C)C(=O)OCC1OC(OC2OC(CO)C(O)C(O)C2O)C(O)C(O)C1O)OC. The summed E-state index contributed by atoms with van der Waals surface area (Å²) in [4.78, 5) is 12.8. The number of ether oxygens (including phenoxy) is 5. The highest BCUT2D eigenvalue weighted by atomic mass is 16.8. The first kappa shape index (κ1) is 74.2. The lowest BCUT2D eigenvalue weighted by Crippen LogP contribution is -2.63. The van der Waals surface area contributed by atoms with E-state index < -0.39 is 92.6 Å². The molecule has 0 spiro atoms. The fourth-order valence-corrected chi connectivity index (χ4v) is 12.7. The van der Waals surface area contributed by atoms with Crippen LogP contribution in [-0.2, 0) is 28.5 Å². The van der Waals surface area contributed by atoms with Crippen LogP contribution in [0.4, 0.5) is 0 Å². The second kappa shape index (κ2) is 47.1. The average Bonchev–Trinajstić information content (AvgIpc) is 4.33. The third-order valence-electron chi connectivity index (χ3n) is 18.8. The first-order valence-electron chi connectivity index (χ1n) is 34.4. The number of methoxy groups -OCH3 is 1. The summed E-state index contributed by atoms with van der Waals surface area (Å²) < 4.78 is 27.6. The number of esters is 1. The highest BCUT2D eigenvalue weighted by molar-refractivity contribution is 5.72. The molecule has 14 nitrogen and oxygen atoms in total. The Morgan fingerprint density at radius 3 is 1.20 bits per heavy atom. The molecule has 16 atom stereocenters. The lowest BCUT2D eigenvalue weighted by molar-refractivity contribution is -0.376. The summed E-state index contributed by atoms with van der Waals surface area (Å²) in [6.07, 6.45) is 42.1. The van der Waals surface area contributed by atoms with E-state index in [-0.39, 0.29) is 0 Å². The second-order valence-electron chi connectivity index (χ2n) is 25.9. The molecule has 14 heteroatoms. The van der Waals surface area contributed by atoms with Gasteiger partial charge in [-0.15, -0.1) is 0 Å². The maximum absolute atomic E-state index is 12.8. The van der Waals surface area contributed by atoms with Gasteiger partial charge >= 0.3 is 5.97 Å². The smallest absolute Gasteiger partial charge is 0.311 e. The van der Waals surface area contributed by atoms with Gasteiger partial charge < -0.3 is 64.5 Å². The van der Waals surface area contributed by atoms with Gasteiger partial charge in [-0.25, -0.2) is 0 Å². The van der Waals surface area contributed by atoms with Gasteiger partial charge in [0.1, 0.15) is 55.4 Å². The van der Waals surface area contributed by atoms with Gasteiger partial charge in [-0.05, 0) is 50.4 Å². The van der Waals surface area contributed by atoms with Gasteiger partial charge in [0.25, 0.3) is 0 Å². The maximum Gasteiger partial charge on any atom is 0.311 e. The van der Waals surface area contributed by atoms with Crippen LogP contribution in [-0.4, -0.2) is 141 Å². The fourth-order valence-electron chi connectivity index (χ4n) is 12.7. The molecule has 480 valence electrons. The highest BCUT2D eigenvalue weighted by Crippen LogP contribution is 2.46. The molecule has 1 saturated carbocycles. The Labute approximate surface area is 494 Å². The van der Waals surface area contributed by atoms with Crippen molar-refractivity contribution in [2.45, 2.75) is 377 Å². The predicted octanol–water partition coefficient (Wildman–Crippen LogP) is 13.2. The van der Waals surface area contributed by atoms with Crippen molar-refractivity contribution in [3.8, 4) is 0 Å². The molecule has 3 rings (SSSR count). The Morgan fingerprint density at radius 1 is 0.457 bits per heavy atom. The molecular weight excluding hydrogens is 1030 g/mol. The zero-order chi connectivity index (χ0) is 58.9. The number of carbonyl (C=O) groups excluding carboxylic acids is 1. The number of rotatable bonds is 54. The minimum Gasteiger partial charge on any atom is -0.463 e. The van der Waals surface area contributed by atoms with Crippen molar-refractivity contribution in [2.75, 3.05) is 20.3 Å². The monoisotopic (exact) mass is 1160 g/mol. The molecule has 0 aromatic heterocycles. The summed E-state index contributed by atoms with van der Waals surface area (Å²) in [5.74, 6) is 1.11. The van der Waals surface area contributed by atoms with E-state index in [9.17, 15) is 45.6 Å². The van der Waals surface area contributed by atoms with E-state index >= 15 is 0 Å². The number of aliphatic hydroxyl groups excluding tert-OH is 8. The Hall–Kier alpha value is -1.01. The van der Waals surface area contributed by atoms with Crippen molar-refractivity contribution in [1.82, 2.24) is 0 Å². The van der Waals surface area contributed by atoms with E-state index in [1.54, 1.807) is 6.92 Å². The topological polar surface area (TPSA) is 225 Å². The van der Waals surface area contributed by atoms with Gasteiger partial charge in [-0.3, -0.25) is 4.79 Å². The van der Waals surface area contributed by atoms with Crippen LogP contribution < -0.4 is 0 Å². The van der Waals surface area contributed by atoms with Gasteiger partial charge in [-0.1, -0.05) is 271 Å². The Balaban J connectivity index is 1.02. The van der Waals surface area contributed by atoms with Crippen LogP contribution in [0.1, 0.15) is 303 Å². The van der Waals surface area contributed by atoms with Crippen molar-refractivity contribution in [3.63, 3.8) is 0 Å². The first-order valence-corrected chi connectivity index (χ1v) is 34.4. The molecular formula is C67H128O14. The van der Waals surface area contributed by atoms with Crippen molar-refractivity contribution >= 4 is 5.97 Å². The summed E-state index contributed by atoms with van der Waals surface area (Å²) in [7, 11) is 1.93. The van der Waals surface area contributed by atoms with E-state index in [0.717, 1.165) is 31.1 Å². The predicted molar refractivity (Wildman–Crippen MR) is 323 cm³/mol. The lowest BCUT2D eigenvalue weighted by atomic mass is 9.93. The van der Waals surface area contributed by atoms with E-state index in [1.165, 1.54) is 257 Å². The summed E-state index contributed by atoms with van der Waals surface area (Å²) in [5, 5.41) is 81.9. The van der Waals surface area contributed by atoms with Gasteiger partial charge in [0, 0.05) is 7.11 Å². The van der Waals surface area contributed by atoms with Crippen LogP contribution >= 0.6 is 0 Å². The second-order valence-corrected chi connectivity index (χ2v) is 25.9. The van der Waals surface area contributed by atoms with Crippen LogP contribution in [0.3, 0.4) is 0 Å². The third kappa shape index (κ3) is 32.5. The van der Waals surface area contributed by atoms with E-state index in [2.05, 4.69) is 13.8 Å². The maximum atomic E-state index is 12.8. The standard InChI is InChI=1S/C67H128O14/c1-5-6-7-8-9-10-11-12-13-14-15-16-19-23-28-33-38-43-51(2)56(77-4)47-42-37-32-27-21-18-17-20-24-29-34-39-44-53-48-54(53)45-40-35-30-25-22-26-31-36-41-46-55(69)52(3)65(76)78-50-58-60(71)62(73)64(75)67(80-58)81-66-63(74)61(72)59(70)57(49-68)79-66/h51-64,66-75H,5-50H2,1-4H3/t51-,52+,53?,54+,55+,56+,57?,58?,59?,60?,61?,62?,63?,64?,66?,67?/m0/s1. The van der Waals surface area contributed by atoms with Gasteiger partial charge in [0.15, 0.2) is 12.6 Å². The van der Waals surface area contributed by atoms with Crippen LogP contribution in [0.2, 0.25) is 0 Å². The van der Waals surface area contributed by atoms with Crippen LogP contribution in [0.15, 0.2) is 0 Å². The first-order chi connectivity index (χ1) is 39.3. The third-order valence-corrected chi connectivity index (χ3v) is 18.8. The normalized spacial score (nSPS) is 27.3. The zero-order valence-electron chi connectivity index (χ0n) is 52.3. The molecule has 2 heterocycles. The van der Waals surface area contributed by atoms with Crippen LogP contribution in [0.25, 0.3) is 0 Å². The summed E-state index contributed by atoms with van der Waals surface area (Å²) in [6, 6.07) is 0. The molecule has 2 saturated heterocycles. The Bertz CT molecular complexity index is 1460. The summed E-state index contributed by atoms with van der Waals surface area (Å²) in [6.45, 7) is 5.05. The fraction of sp³-hybridized carbons (Fsp3) is 0.985. The average molecular weight is 1160 g/mol. The molecule has 0 amide bonds. The Kier molecular flexibility index (Phi) is 43.2. The number of hydrogen-bond donors (Lipinski definition) is 8. The summed E-state index contributed by atoms with van der Waals surface area (Å²) >= 11 is 0. The molecule has 1 aliphatic carbocycles. The Morgan fingerprint density at radius 2 is 0.802 bits per heavy atom. The molecule has 3 aliphatic rings. The van der Waals surface area contributed by atoms with E-state index in [1.807, 2.05) is 7.11 Å². The quantitative estimate of drug-likeness (QED) is 0.0210. The largest absolute Gasteiger partial charge is 0.463 e. The highest BCUT2D eigenvalue weighted by Gasteiger charge is 2.50. The van der Waals surface area contributed by atoms with Crippen LogP contribution in [0, 0.1) is 23.7 Å². The number of aliphatic hydroxyl groups is 8. The molecule has 0 aromatic rings. The molecule has 0 bridgehead atoms. The molecule has 81 heavy (non-hydrogen) atoms.